The number of hydrogen-bond acceptors (Lipinski definition) is 2. The maximum atomic E-state index is 5.96. The van der Waals surface area contributed by atoms with E-state index in [1.54, 1.807) is 12.3 Å². The normalized spacial score (nSPS) is 9.18. The number of para-hydroxylation sites is 1. The standard InChI is InChI=1S/C12H10ClNO.C2H6/c1-9-6-7-14-12(8-9)15-11-5-3-2-4-10(11)13;1-2/h2-8H,1H3;1-2H3. The van der Waals surface area contributed by atoms with Crippen molar-refractivity contribution < 1.29 is 4.74 Å². The quantitative estimate of drug-likeness (QED) is 0.758. The summed E-state index contributed by atoms with van der Waals surface area (Å²) in [7, 11) is 0. The van der Waals surface area contributed by atoms with E-state index in [0.717, 1.165) is 5.56 Å². The smallest absolute Gasteiger partial charge is 0.219 e. The third kappa shape index (κ3) is 4.08. The fourth-order valence-corrected chi connectivity index (χ4v) is 1.38. The van der Waals surface area contributed by atoms with Crippen LogP contribution in [0.4, 0.5) is 0 Å². The van der Waals surface area contributed by atoms with Gasteiger partial charge in [-0.05, 0) is 30.7 Å². The third-order valence-electron chi connectivity index (χ3n) is 1.94. The number of nitrogens with zero attached hydrogens (tertiary/aromatic N) is 1. The molecule has 0 unspecified atom stereocenters. The molecule has 0 fully saturated rings. The van der Waals surface area contributed by atoms with Crippen molar-refractivity contribution in [2.45, 2.75) is 20.8 Å². The molecule has 0 amide bonds. The average molecular weight is 250 g/mol. The predicted molar refractivity (Wildman–Crippen MR) is 71.8 cm³/mol. The first-order valence-corrected chi connectivity index (χ1v) is 5.98. The largest absolute Gasteiger partial charge is 0.437 e. The molecule has 0 spiro atoms. The van der Waals surface area contributed by atoms with Gasteiger partial charge in [0.05, 0.1) is 5.02 Å². The Kier molecular flexibility index (Phi) is 5.50. The predicted octanol–water partition coefficient (Wildman–Crippen LogP) is 4.86. The second kappa shape index (κ2) is 6.92. The van der Waals surface area contributed by atoms with E-state index in [-0.39, 0.29) is 0 Å². The number of aromatic nitrogens is 1. The van der Waals surface area contributed by atoms with Gasteiger partial charge in [-0.25, -0.2) is 4.98 Å². The molecule has 0 aliphatic rings. The molecule has 0 aliphatic heterocycles. The SMILES string of the molecule is CC.Cc1ccnc(Oc2ccccc2Cl)c1. The summed E-state index contributed by atoms with van der Waals surface area (Å²) in [5.74, 6) is 1.18. The number of pyridine rings is 1. The van der Waals surface area contributed by atoms with Gasteiger partial charge in [-0.2, -0.15) is 0 Å². The first kappa shape index (κ1) is 13.5. The zero-order valence-electron chi connectivity index (χ0n) is 10.3. The second-order valence-corrected chi connectivity index (χ2v) is 3.61. The van der Waals surface area contributed by atoms with Crippen molar-refractivity contribution >= 4 is 11.6 Å². The molecule has 1 aromatic heterocycles. The summed E-state index contributed by atoms with van der Waals surface area (Å²) >= 11 is 5.96. The van der Waals surface area contributed by atoms with E-state index in [0.29, 0.717) is 16.7 Å². The Morgan fingerprint density at radius 2 is 1.82 bits per heavy atom. The van der Waals surface area contributed by atoms with E-state index in [1.807, 2.05) is 51.1 Å². The second-order valence-electron chi connectivity index (χ2n) is 3.20. The minimum atomic E-state index is 0.558. The molecule has 0 atom stereocenters. The van der Waals surface area contributed by atoms with Crippen LogP contribution in [0, 0.1) is 6.92 Å². The molecule has 17 heavy (non-hydrogen) atoms. The molecule has 3 heteroatoms. The highest BCUT2D eigenvalue weighted by Crippen LogP contribution is 2.27. The van der Waals surface area contributed by atoms with Crippen molar-refractivity contribution in [3.8, 4) is 11.6 Å². The number of rotatable bonds is 2. The molecule has 0 saturated heterocycles. The molecule has 2 nitrogen and oxygen atoms in total. The number of halogens is 1. The van der Waals surface area contributed by atoms with E-state index < -0.39 is 0 Å². The lowest BCUT2D eigenvalue weighted by molar-refractivity contribution is 0.463. The number of hydrogen-bond donors (Lipinski definition) is 0. The van der Waals surface area contributed by atoms with Crippen molar-refractivity contribution in [2.75, 3.05) is 0 Å². The van der Waals surface area contributed by atoms with Crippen LogP contribution in [0.25, 0.3) is 0 Å². The van der Waals surface area contributed by atoms with Gasteiger partial charge in [-0.1, -0.05) is 37.6 Å². The third-order valence-corrected chi connectivity index (χ3v) is 2.25. The van der Waals surface area contributed by atoms with Crippen LogP contribution in [-0.2, 0) is 0 Å². The summed E-state index contributed by atoms with van der Waals surface area (Å²) in [5.41, 5.74) is 1.10. The van der Waals surface area contributed by atoms with E-state index in [4.69, 9.17) is 16.3 Å². The van der Waals surface area contributed by atoms with E-state index in [2.05, 4.69) is 4.98 Å². The molecule has 0 saturated carbocycles. The lowest BCUT2D eigenvalue weighted by atomic mass is 10.3. The Labute approximate surface area is 107 Å². The Bertz CT molecular complexity index is 471. The van der Waals surface area contributed by atoms with E-state index >= 15 is 0 Å². The summed E-state index contributed by atoms with van der Waals surface area (Å²) in [6.07, 6.45) is 1.71. The summed E-state index contributed by atoms with van der Waals surface area (Å²) in [6, 6.07) is 11.1. The van der Waals surface area contributed by atoms with Crippen molar-refractivity contribution in [3.63, 3.8) is 0 Å². The van der Waals surface area contributed by atoms with Crippen LogP contribution >= 0.6 is 11.6 Å². The van der Waals surface area contributed by atoms with Gasteiger partial charge in [0.1, 0.15) is 5.75 Å². The minimum absolute atomic E-state index is 0.558. The van der Waals surface area contributed by atoms with Gasteiger partial charge in [0.2, 0.25) is 5.88 Å². The van der Waals surface area contributed by atoms with Gasteiger partial charge in [0.15, 0.2) is 0 Å². The fraction of sp³-hybridized carbons (Fsp3) is 0.214. The average Bonchev–Trinajstić information content (AvgIpc) is 2.35. The lowest BCUT2D eigenvalue weighted by Gasteiger charge is -2.06. The van der Waals surface area contributed by atoms with Crippen molar-refractivity contribution in [2.24, 2.45) is 0 Å². The van der Waals surface area contributed by atoms with E-state index in [1.165, 1.54) is 0 Å². The molecule has 0 bridgehead atoms. The van der Waals surface area contributed by atoms with E-state index in [9.17, 15) is 0 Å². The zero-order chi connectivity index (χ0) is 12.7. The highest BCUT2D eigenvalue weighted by Gasteiger charge is 2.02. The van der Waals surface area contributed by atoms with Gasteiger partial charge in [-0.15, -0.1) is 0 Å². The maximum absolute atomic E-state index is 5.96. The number of benzene rings is 1. The Morgan fingerprint density at radius 1 is 1.12 bits per heavy atom. The molecular weight excluding hydrogens is 234 g/mol. The van der Waals surface area contributed by atoms with Gasteiger partial charge >= 0.3 is 0 Å². The molecule has 0 aliphatic carbocycles. The molecule has 0 N–H and O–H groups in total. The molecule has 2 aromatic rings. The van der Waals surface area contributed by atoms with Crippen LogP contribution in [0.1, 0.15) is 19.4 Å². The monoisotopic (exact) mass is 249 g/mol. The Morgan fingerprint density at radius 3 is 2.47 bits per heavy atom. The van der Waals surface area contributed by atoms with Gasteiger partial charge in [0, 0.05) is 12.3 Å². The first-order valence-electron chi connectivity index (χ1n) is 5.61. The molecular formula is C14H16ClNO. The van der Waals surface area contributed by atoms with Crippen molar-refractivity contribution in [1.82, 2.24) is 4.98 Å². The topological polar surface area (TPSA) is 22.1 Å². The van der Waals surface area contributed by atoms with Crippen LogP contribution < -0.4 is 4.74 Å². The van der Waals surface area contributed by atoms with Gasteiger partial charge < -0.3 is 4.74 Å². The minimum Gasteiger partial charge on any atom is -0.437 e. The lowest BCUT2D eigenvalue weighted by Crippen LogP contribution is -1.88. The molecule has 1 heterocycles. The van der Waals surface area contributed by atoms with Crippen molar-refractivity contribution in [3.05, 3.63) is 53.2 Å². The summed E-state index contributed by atoms with van der Waals surface area (Å²) in [5, 5.41) is 0.584. The van der Waals surface area contributed by atoms with Crippen LogP contribution in [0.15, 0.2) is 42.6 Å². The van der Waals surface area contributed by atoms with Crippen LogP contribution in [0.5, 0.6) is 11.6 Å². The number of ether oxygens (including phenoxy) is 1. The number of aryl methyl sites for hydroxylation is 1. The van der Waals surface area contributed by atoms with Gasteiger partial charge in [-0.3, -0.25) is 0 Å². The van der Waals surface area contributed by atoms with Crippen LogP contribution in [0.2, 0.25) is 5.02 Å². The molecule has 0 radical (unpaired) electrons. The highest BCUT2D eigenvalue weighted by atomic mass is 35.5. The fourth-order valence-electron chi connectivity index (χ4n) is 1.20. The molecule has 1 aromatic carbocycles. The highest BCUT2D eigenvalue weighted by molar-refractivity contribution is 6.32. The zero-order valence-corrected chi connectivity index (χ0v) is 11.0. The first-order chi connectivity index (χ1) is 8.25. The summed E-state index contributed by atoms with van der Waals surface area (Å²) in [6.45, 7) is 5.99. The van der Waals surface area contributed by atoms with Crippen LogP contribution in [0.3, 0.4) is 0 Å². The maximum Gasteiger partial charge on any atom is 0.219 e. The molecule has 2 rings (SSSR count). The van der Waals surface area contributed by atoms with Crippen LogP contribution in [-0.4, -0.2) is 4.98 Å². The Balaban J connectivity index is 0.000000686. The summed E-state index contributed by atoms with van der Waals surface area (Å²) < 4.78 is 5.55. The molecule has 90 valence electrons. The Hall–Kier alpha value is -1.54. The van der Waals surface area contributed by atoms with Gasteiger partial charge in [0.25, 0.3) is 0 Å². The van der Waals surface area contributed by atoms with Crippen molar-refractivity contribution in [1.29, 1.82) is 0 Å². The summed E-state index contributed by atoms with van der Waals surface area (Å²) in [4.78, 5) is 4.10.